The third-order valence-electron chi connectivity index (χ3n) is 3.01. The van der Waals surface area contributed by atoms with Gasteiger partial charge in [0.15, 0.2) is 0 Å². The van der Waals surface area contributed by atoms with Gasteiger partial charge in [-0.3, -0.25) is 0 Å². The molecule has 0 saturated heterocycles. The van der Waals surface area contributed by atoms with Crippen LogP contribution in [0.5, 0.6) is 0 Å². The molecule has 1 aromatic carbocycles. The van der Waals surface area contributed by atoms with E-state index in [1.807, 2.05) is 12.3 Å². The first-order valence-electron chi connectivity index (χ1n) is 6.17. The van der Waals surface area contributed by atoms with Crippen molar-refractivity contribution in [2.24, 2.45) is 0 Å². The number of H-pyrrole nitrogens is 1. The molecule has 0 aliphatic rings. The third-order valence-corrected chi connectivity index (χ3v) is 3.01. The Morgan fingerprint density at radius 3 is 2.53 bits per heavy atom. The molecule has 0 saturated carbocycles. The second-order valence-electron chi connectivity index (χ2n) is 4.65. The largest absolute Gasteiger partial charge is 0.364 e. The molecule has 0 fully saturated rings. The number of aromatic nitrogens is 1. The van der Waals surface area contributed by atoms with Gasteiger partial charge in [-0.1, -0.05) is 26.0 Å². The normalized spacial score (nSPS) is 11.1. The van der Waals surface area contributed by atoms with Crippen molar-refractivity contribution in [1.29, 1.82) is 5.26 Å². The summed E-state index contributed by atoms with van der Waals surface area (Å²) in [6.07, 6.45) is 5.16. The number of nitrogens with zero attached hydrogens (tertiary/aromatic N) is 1. The van der Waals surface area contributed by atoms with Crippen LogP contribution >= 0.6 is 0 Å². The maximum atomic E-state index is 13.0. The van der Waals surface area contributed by atoms with Crippen LogP contribution in [0.2, 0.25) is 0 Å². The van der Waals surface area contributed by atoms with Gasteiger partial charge >= 0.3 is 0 Å². The molecule has 0 unspecified atom stereocenters. The van der Waals surface area contributed by atoms with Gasteiger partial charge in [0.25, 0.3) is 0 Å². The summed E-state index contributed by atoms with van der Waals surface area (Å²) in [6.45, 7) is 4.17. The van der Waals surface area contributed by atoms with E-state index in [9.17, 15) is 4.39 Å². The fourth-order valence-electron chi connectivity index (χ4n) is 2.10. The van der Waals surface area contributed by atoms with E-state index < -0.39 is 0 Å². The third kappa shape index (κ3) is 2.74. The molecule has 0 spiro atoms. The minimum absolute atomic E-state index is 0.252. The highest BCUT2D eigenvalue weighted by Crippen LogP contribution is 2.31. The lowest BCUT2D eigenvalue weighted by Gasteiger charge is -2.06. The predicted octanol–water partition coefficient (Wildman–Crippen LogP) is 4.48. The molecule has 0 atom stereocenters. The van der Waals surface area contributed by atoms with E-state index in [0.29, 0.717) is 5.92 Å². The van der Waals surface area contributed by atoms with E-state index in [2.05, 4.69) is 18.8 Å². The van der Waals surface area contributed by atoms with Crippen LogP contribution in [0.15, 0.2) is 36.5 Å². The fraction of sp³-hybridized carbons (Fsp3) is 0.188. The van der Waals surface area contributed by atoms with Crippen molar-refractivity contribution in [1.82, 2.24) is 4.98 Å². The Morgan fingerprint density at radius 1 is 1.26 bits per heavy atom. The zero-order chi connectivity index (χ0) is 13.8. The Labute approximate surface area is 112 Å². The lowest BCUT2D eigenvalue weighted by molar-refractivity contribution is 0.628. The summed E-state index contributed by atoms with van der Waals surface area (Å²) in [7, 11) is 0. The van der Waals surface area contributed by atoms with Crippen LogP contribution in [0.4, 0.5) is 4.39 Å². The Bertz CT molecular complexity index is 628. The molecule has 1 heterocycles. The monoisotopic (exact) mass is 254 g/mol. The molecule has 0 amide bonds. The van der Waals surface area contributed by atoms with E-state index in [-0.39, 0.29) is 5.82 Å². The standard InChI is InChI=1S/C16H15FN2/c1-11(2)16-14(4-3-9-18)15(10-19-16)12-5-7-13(17)8-6-12/h3-8,10-11,19H,1-2H3/b4-3+. The number of nitrogens with one attached hydrogen (secondary N) is 1. The van der Waals surface area contributed by atoms with Gasteiger partial charge in [0.2, 0.25) is 0 Å². The Hall–Kier alpha value is -2.34. The SMILES string of the molecule is CC(C)c1[nH]cc(-c2ccc(F)cc2)c1/C=C/C#N. The van der Waals surface area contributed by atoms with Crippen molar-refractivity contribution in [3.63, 3.8) is 0 Å². The Morgan fingerprint density at radius 2 is 1.95 bits per heavy atom. The second-order valence-corrected chi connectivity index (χ2v) is 4.65. The molecular weight excluding hydrogens is 239 g/mol. The molecular formula is C16H15FN2. The molecule has 0 radical (unpaired) electrons. The molecule has 0 aliphatic carbocycles. The van der Waals surface area contributed by atoms with E-state index in [4.69, 9.17) is 5.26 Å². The number of aromatic amines is 1. The summed E-state index contributed by atoms with van der Waals surface area (Å²) >= 11 is 0. The van der Waals surface area contributed by atoms with Crippen molar-refractivity contribution in [3.8, 4) is 17.2 Å². The van der Waals surface area contributed by atoms with Gasteiger partial charge < -0.3 is 4.98 Å². The highest BCUT2D eigenvalue weighted by Gasteiger charge is 2.13. The average molecular weight is 254 g/mol. The summed E-state index contributed by atoms with van der Waals surface area (Å²) in [4.78, 5) is 3.24. The maximum absolute atomic E-state index is 13.0. The zero-order valence-corrected chi connectivity index (χ0v) is 10.9. The van der Waals surface area contributed by atoms with Gasteiger partial charge in [0.1, 0.15) is 5.82 Å². The van der Waals surface area contributed by atoms with Crippen molar-refractivity contribution < 1.29 is 4.39 Å². The highest BCUT2D eigenvalue weighted by molar-refractivity contribution is 5.77. The van der Waals surface area contributed by atoms with E-state index in [1.54, 1.807) is 18.2 Å². The number of hydrogen-bond donors (Lipinski definition) is 1. The molecule has 2 nitrogen and oxygen atoms in total. The minimum atomic E-state index is -0.252. The first kappa shape index (κ1) is 13.1. The van der Waals surface area contributed by atoms with Crippen LogP contribution in [-0.2, 0) is 0 Å². The summed E-state index contributed by atoms with van der Waals surface area (Å²) < 4.78 is 13.0. The average Bonchev–Trinajstić information content (AvgIpc) is 2.81. The van der Waals surface area contributed by atoms with Crippen LogP contribution in [0.1, 0.15) is 31.0 Å². The fourth-order valence-corrected chi connectivity index (χ4v) is 2.10. The maximum Gasteiger partial charge on any atom is 0.123 e. The topological polar surface area (TPSA) is 39.6 Å². The van der Waals surface area contributed by atoms with Crippen molar-refractivity contribution in [2.75, 3.05) is 0 Å². The molecule has 0 aliphatic heterocycles. The molecule has 2 rings (SSSR count). The number of halogens is 1. The molecule has 1 aromatic heterocycles. The van der Waals surface area contributed by atoms with Crippen molar-refractivity contribution in [3.05, 3.63) is 53.6 Å². The van der Waals surface area contributed by atoms with Crippen LogP contribution < -0.4 is 0 Å². The van der Waals surface area contributed by atoms with Gasteiger partial charge in [-0.05, 0) is 29.7 Å². The summed E-state index contributed by atoms with van der Waals surface area (Å²) in [5.74, 6) is 0.0741. The smallest absolute Gasteiger partial charge is 0.123 e. The van der Waals surface area contributed by atoms with Gasteiger partial charge in [-0.25, -0.2) is 4.39 Å². The lowest BCUT2D eigenvalue weighted by atomic mass is 9.98. The minimum Gasteiger partial charge on any atom is -0.364 e. The summed E-state index contributed by atoms with van der Waals surface area (Å²) in [5.41, 5.74) is 3.98. The first-order valence-corrected chi connectivity index (χ1v) is 6.17. The summed E-state index contributed by atoms with van der Waals surface area (Å²) in [5, 5.41) is 8.70. The number of rotatable bonds is 3. The molecule has 19 heavy (non-hydrogen) atoms. The van der Waals surface area contributed by atoms with E-state index >= 15 is 0 Å². The van der Waals surface area contributed by atoms with E-state index in [1.165, 1.54) is 18.2 Å². The van der Waals surface area contributed by atoms with Crippen LogP contribution in [-0.4, -0.2) is 4.98 Å². The number of nitriles is 1. The number of benzene rings is 1. The molecule has 1 N–H and O–H groups in total. The Kier molecular flexibility index (Phi) is 3.82. The number of hydrogen-bond acceptors (Lipinski definition) is 1. The highest BCUT2D eigenvalue weighted by atomic mass is 19.1. The van der Waals surface area contributed by atoms with Gasteiger partial charge in [-0.2, -0.15) is 5.26 Å². The van der Waals surface area contributed by atoms with Crippen LogP contribution in [0.3, 0.4) is 0 Å². The second kappa shape index (κ2) is 5.53. The first-order chi connectivity index (χ1) is 9.13. The van der Waals surface area contributed by atoms with Gasteiger partial charge in [0.05, 0.1) is 6.07 Å². The molecule has 3 heteroatoms. The van der Waals surface area contributed by atoms with Gasteiger partial charge in [0, 0.05) is 29.1 Å². The molecule has 2 aromatic rings. The van der Waals surface area contributed by atoms with Crippen molar-refractivity contribution in [2.45, 2.75) is 19.8 Å². The zero-order valence-electron chi connectivity index (χ0n) is 10.9. The quantitative estimate of drug-likeness (QED) is 0.806. The molecule has 96 valence electrons. The van der Waals surface area contributed by atoms with Gasteiger partial charge in [-0.15, -0.1) is 0 Å². The van der Waals surface area contributed by atoms with Crippen LogP contribution in [0.25, 0.3) is 17.2 Å². The predicted molar refractivity (Wildman–Crippen MR) is 74.9 cm³/mol. The Balaban J connectivity index is 2.54. The van der Waals surface area contributed by atoms with E-state index in [0.717, 1.165) is 22.4 Å². The molecule has 0 bridgehead atoms. The summed E-state index contributed by atoms with van der Waals surface area (Å²) in [6, 6.07) is 8.37. The van der Waals surface area contributed by atoms with Crippen molar-refractivity contribution >= 4 is 6.08 Å². The number of allylic oxidation sites excluding steroid dienone is 1. The lowest BCUT2D eigenvalue weighted by Crippen LogP contribution is -1.90. The van der Waals surface area contributed by atoms with Crippen LogP contribution in [0, 0.1) is 17.1 Å².